The Kier molecular flexibility index (Phi) is 6.24. The van der Waals surface area contributed by atoms with E-state index in [-0.39, 0.29) is 12.2 Å². The zero-order valence-electron chi connectivity index (χ0n) is 24.8. The Hall–Kier alpha value is -5.67. The molecule has 2 aromatic heterocycles. The molecule has 1 aliphatic heterocycles. The summed E-state index contributed by atoms with van der Waals surface area (Å²) >= 11 is 1.86. The van der Waals surface area contributed by atoms with Crippen LogP contribution in [0.4, 0.5) is 0 Å². The van der Waals surface area contributed by atoms with Gasteiger partial charge < -0.3 is 9.88 Å². The zero-order chi connectivity index (χ0) is 30.6. The molecule has 8 aromatic rings. The molecule has 218 valence electrons. The lowest BCUT2D eigenvalue weighted by atomic mass is 9.98. The molecule has 2 atom stereocenters. The number of nitrogens with one attached hydrogen (secondary N) is 2. The summed E-state index contributed by atoms with van der Waals surface area (Å²) in [4.78, 5) is 0. The van der Waals surface area contributed by atoms with E-state index < -0.39 is 0 Å². The zero-order valence-corrected chi connectivity index (χ0v) is 25.6. The van der Waals surface area contributed by atoms with E-state index in [1.165, 1.54) is 47.5 Å². The van der Waals surface area contributed by atoms with Crippen molar-refractivity contribution < 1.29 is 0 Å². The summed E-state index contributed by atoms with van der Waals surface area (Å²) in [5, 5.41) is 22.1. The summed E-state index contributed by atoms with van der Waals surface area (Å²) in [6, 6.07) is 51.6. The Morgan fingerprint density at radius 3 is 2.22 bits per heavy atom. The number of para-hydroxylation sites is 1. The molecule has 2 N–H and O–H groups in total. The number of benzene rings is 6. The maximum absolute atomic E-state index is 9.35. The van der Waals surface area contributed by atoms with Gasteiger partial charge in [0.15, 0.2) is 0 Å². The van der Waals surface area contributed by atoms with E-state index in [0.29, 0.717) is 5.56 Å². The van der Waals surface area contributed by atoms with Crippen LogP contribution in [0.25, 0.3) is 53.4 Å². The van der Waals surface area contributed by atoms with Crippen molar-refractivity contribution in [2.75, 3.05) is 0 Å². The molecule has 0 saturated heterocycles. The van der Waals surface area contributed by atoms with Crippen molar-refractivity contribution in [1.82, 2.24) is 15.2 Å². The summed E-state index contributed by atoms with van der Waals surface area (Å²) in [5.41, 5.74) is 8.61. The molecule has 0 saturated carbocycles. The van der Waals surface area contributed by atoms with Gasteiger partial charge in [-0.1, -0.05) is 91.0 Å². The maximum Gasteiger partial charge on any atom is 0.104 e. The molecule has 0 amide bonds. The van der Waals surface area contributed by atoms with E-state index in [1.807, 2.05) is 35.6 Å². The standard InChI is InChI=1S/C41H28N4S/c42-25-26-17-19-28(20-18-26)36-24-35(27-9-2-1-3-10-27)43-41(44-36)29-11-8-12-30(21-29)45-37-15-6-4-13-31(37)33-23-40-34(22-38(33)45)32-14-5-7-16-39(32)46-40/h1-24,35,41,43-44H. The Balaban J connectivity index is 1.18. The average molecular weight is 609 g/mol. The van der Waals surface area contributed by atoms with Crippen LogP contribution >= 0.6 is 11.3 Å². The number of thiophene rings is 1. The Labute approximate surface area is 270 Å². The monoisotopic (exact) mass is 608 g/mol. The maximum atomic E-state index is 9.35. The molecular weight excluding hydrogens is 581 g/mol. The van der Waals surface area contributed by atoms with Gasteiger partial charge in [-0.05, 0) is 71.3 Å². The predicted octanol–water partition coefficient (Wildman–Crippen LogP) is 10.00. The molecule has 2 unspecified atom stereocenters. The van der Waals surface area contributed by atoms with Crippen LogP contribution in [0, 0.1) is 11.3 Å². The summed E-state index contributed by atoms with van der Waals surface area (Å²) in [5.74, 6) is 0. The van der Waals surface area contributed by atoms with Gasteiger partial charge in [-0.25, -0.2) is 0 Å². The predicted molar refractivity (Wildman–Crippen MR) is 191 cm³/mol. The number of rotatable bonds is 4. The van der Waals surface area contributed by atoms with Gasteiger partial charge in [0.25, 0.3) is 0 Å². The van der Waals surface area contributed by atoms with E-state index in [4.69, 9.17) is 0 Å². The van der Waals surface area contributed by atoms with E-state index in [9.17, 15) is 5.26 Å². The second kappa shape index (κ2) is 10.7. The number of hydrogen-bond donors (Lipinski definition) is 2. The molecule has 0 radical (unpaired) electrons. The molecule has 9 rings (SSSR count). The third kappa shape index (κ3) is 4.39. The third-order valence-corrected chi connectivity index (χ3v) is 10.2. The van der Waals surface area contributed by atoms with Crippen LogP contribution in [0.3, 0.4) is 0 Å². The smallest absolute Gasteiger partial charge is 0.104 e. The van der Waals surface area contributed by atoms with Gasteiger partial charge in [-0.15, -0.1) is 11.3 Å². The minimum absolute atomic E-state index is 0.00939. The van der Waals surface area contributed by atoms with Gasteiger partial charge in [0.05, 0.1) is 28.7 Å². The first kappa shape index (κ1) is 26.7. The highest BCUT2D eigenvalue weighted by atomic mass is 32.1. The Bertz CT molecular complexity index is 2500. The topological polar surface area (TPSA) is 52.8 Å². The quantitative estimate of drug-likeness (QED) is 0.209. The lowest BCUT2D eigenvalue weighted by Crippen LogP contribution is -2.39. The minimum atomic E-state index is -0.138. The van der Waals surface area contributed by atoms with Crippen molar-refractivity contribution in [3.8, 4) is 11.8 Å². The third-order valence-electron chi connectivity index (χ3n) is 9.10. The summed E-state index contributed by atoms with van der Waals surface area (Å²) in [6.45, 7) is 0. The van der Waals surface area contributed by atoms with Crippen LogP contribution in [-0.4, -0.2) is 4.57 Å². The van der Waals surface area contributed by atoms with Crippen LogP contribution < -0.4 is 10.6 Å². The van der Waals surface area contributed by atoms with Gasteiger partial charge in [-0.2, -0.15) is 5.26 Å². The fraction of sp³-hybridized carbons (Fsp3) is 0.0488. The van der Waals surface area contributed by atoms with Gasteiger partial charge >= 0.3 is 0 Å². The van der Waals surface area contributed by atoms with Crippen LogP contribution in [0.2, 0.25) is 0 Å². The van der Waals surface area contributed by atoms with E-state index in [2.05, 4.69) is 143 Å². The molecule has 6 aromatic carbocycles. The number of aromatic nitrogens is 1. The molecule has 3 heterocycles. The van der Waals surface area contributed by atoms with Crippen LogP contribution in [0.1, 0.15) is 34.5 Å². The molecule has 0 bridgehead atoms. The van der Waals surface area contributed by atoms with Crippen molar-refractivity contribution in [1.29, 1.82) is 5.26 Å². The number of nitriles is 1. The Morgan fingerprint density at radius 1 is 0.609 bits per heavy atom. The molecule has 46 heavy (non-hydrogen) atoms. The van der Waals surface area contributed by atoms with Crippen LogP contribution in [0.5, 0.6) is 0 Å². The van der Waals surface area contributed by atoms with Crippen LogP contribution in [-0.2, 0) is 0 Å². The highest BCUT2D eigenvalue weighted by Crippen LogP contribution is 2.41. The lowest BCUT2D eigenvalue weighted by molar-refractivity contribution is 0.442. The van der Waals surface area contributed by atoms with E-state index in [1.54, 1.807) is 0 Å². The van der Waals surface area contributed by atoms with Gasteiger partial charge in [0, 0.05) is 42.3 Å². The summed E-state index contributed by atoms with van der Waals surface area (Å²) in [7, 11) is 0. The first-order chi connectivity index (χ1) is 22.7. The first-order valence-corrected chi connectivity index (χ1v) is 16.3. The fourth-order valence-corrected chi connectivity index (χ4v) is 8.01. The van der Waals surface area contributed by atoms with E-state index in [0.717, 1.165) is 22.5 Å². The Morgan fingerprint density at radius 2 is 1.37 bits per heavy atom. The summed E-state index contributed by atoms with van der Waals surface area (Å²) in [6.07, 6.45) is 2.10. The molecule has 4 nitrogen and oxygen atoms in total. The normalized spacial score (nSPS) is 16.5. The molecule has 0 aliphatic carbocycles. The van der Waals surface area contributed by atoms with Gasteiger partial charge in [0.1, 0.15) is 6.17 Å². The van der Waals surface area contributed by atoms with Gasteiger partial charge in [0.2, 0.25) is 0 Å². The number of nitrogens with zero attached hydrogens (tertiary/aromatic N) is 2. The summed E-state index contributed by atoms with van der Waals surface area (Å²) < 4.78 is 5.04. The molecular formula is C41H28N4S. The molecule has 1 aliphatic rings. The highest BCUT2D eigenvalue weighted by Gasteiger charge is 2.25. The fourth-order valence-electron chi connectivity index (χ4n) is 6.88. The van der Waals surface area contributed by atoms with Crippen molar-refractivity contribution in [3.63, 3.8) is 0 Å². The largest absolute Gasteiger partial charge is 0.366 e. The number of fused-ring (bicyclic) bond motifs is 6. The van der Waals surface area contributed by atoms with E-state index >= 15 is 0 Å². The molecule has 0 spiro atoms. The second-order valence-corrected chi connectivity index (χ2v) is 12.9. The number of hydrogen-bond acceptors (Lipinski definition) is 4. The minimum Gasteiger partial charge on any atom is -0.366 e. The average Bonchev–Trinajstić information content (AvgIpc) is 3.65. The van der Waals surface area contributed by atoms with Crippen LogP contribution in [0.15, 0.2) is 146 Å². The lowest BCUT2D eigenvalue weighted by Gasteiger charge is -2.33. The van der Waals surface area contributed by atoms with Gasteiger partial charge in [-0.3, -0.25) is 5.32 Å². The highest BCUT2D eigenvalue weighted by molar-refractivity contribution is 7.25. The van der Waals surface area contributed by atoms with Crippen molar-refractivity contribution >= 4 is 59.0 Å². The first-order valence-electron chi connectivity index (χ1n) is 15.5. The SMILES string of the molecule is N#Cc1ccc(C2=CC(c3ccccc3)NC(c3cccc(-n4c5ccccc5c5cc6sc7ccccc7c6cc54)c3)N2)cc1. The second-order valence-electron chi connectivity index (χ2n) is 11.8. The molecule has 0 fully saturated rings. The van der Waals surface area contributed by atoms with Crippen molar-refractivity contribution in [3.05, 3.63) is 168 Å². The molecule has 5 heteroatoms. The van der Waals surface area contributed by atoms with Crippen molar-refractivity contribution in [2.24, 2.45) is 0 Å². The van der Waals surface area contributed by atoms with Crippen molar-refractivity contribution in [2.45, 2.75) is 12.2 Å².